The van der Waals surface area contributed by atoms with E-state index in [-0.39, 0.29) is 25.7 Å². The van der Waals surface area contributed by atoms with Gasteiger partial charge in [-0.2, -0.15) is 0 Å². The van der Waals surface area contributed by atoms with Gasteiger partial charge in [0.05, 0.1) is 26.4 Å². The molecule has 5 atom stereocenters. The Morgan fingerprint density at radius 2 is 0.472 bits per heavy atom. The fraction of sp³-hybridized carbons (Fsp3) is 0.943. The quantitative estimate of drug-likeness (QED) is 0.0222. The number of hydrogen-bond acceptors (Lipinski definition) is 15. The lowest BCUT2D eigenvalue weighted by atomic mass is 10.0. The number of aliphatic hydroxyl groups excluding tert-OH is 1. The zero-order chi connectivity index (χ0) is 66.1. The smallest absolute Gasteiger partial charge is 0.462 e. The van der Waals surface area contributed by atoms with Crippen LogP contribution < -0.4 is 0 Å². The van der Waals surface area contributed by atoms with Crippen molar-refractivity contribution in [3.63, 3.8) is 0 Å². The molecule has 528 valence electrons. The Bertz CT molecular complexity index is 1760. The molecule has 0 radical (unpaired) electrons. The molecule has 3 N–H and O–H groups in total. The van der Waals surface area contributed by atoms with Crippen LogP contribution in [0.25, 0.3) is 0 Å². The summed E-state index contributed by atoms with van der Waals surface area (Å²) in [7, 11) is -9.90. The number of rotatable bonds is 67. The van der Waals surface area contributed by atoms with Crippen LogP contribution in [-0.4, -0.2) is 96.7 Å². The number of hydrogen-bond donors (Lipinski definition) is 3. The highest BCUT2D eigenvalue weighted by Gasteiger charge is 2.30. The number of carbonyl (C=O) groups is 4. The van der Waals surface area contributed by atoms with E-state index in [0.29, 0.717) is 25.7 Å². The zero-order valence-corrected chi connectivity index (χ0v) is 59.8. The van der Waals surface area contributed by atoms with Crippen LogP contribution in [-0.2, 0) is 65.4 Å². The predicted octanol–water partition coefficient (Wildman–Crippen LogP) is 19.7. The van der Waals surface area contributed by atoms with Crippen molar-refractivity contribution in [1.82, 2.24) is 0 Å². The van der Waals surface area contributed by atoms with E-state index in [9.17, 15) is 43.2 Å². The highest BCUT2D eigenvalue weighted by molar-refractivity contribution is 7.47. The van der Waals surface area contributed by atoms with Crippen LogP contribution in [0.3, 0.4) is 0 Å². The minimum atomic E-state index is -4.95. The third-order valence-corrected chi connectivity index (χ3v) is 18.0. The van der Waals surface area contributed by atoms with Gasteiger partial charge in [0.15, 0.2) is 12.2 Å². The molecule has 89 heavy (non-hydrogen) atoms. The molecule has 17 nitrogen and oxygen atoms in total. The van der Waals surface area contributed by atoms with Gasteiger partial charge in [-0.25, -0.2) is 9.13 Å². The molecule has 0 fully saturated rings. The number of esters is 4. The summed E-state index contributed by atoms with van der Waals surface area (Å²) < 4.78 is 68.3. The monoisotopic (exact) mass is 1310 g/mol. The van der Waals surface area contributed by atoms with E-state index in [4.69, 9.17) is 37.0 Å². The second-order valence-electron chi connectivity index (χ2n) is 27.2. The summed E-state index contributed by atoms with van der Waals surface area (Å²) >= 11 is 0. The van der Waals surface area contributed by atoms with Crippen LogP contribution in [0.5, 0.6) is 0 Å². The molecule has 19 heteroatoms. The van der Waals surface area contributed by atoms with Gasteiger partial charge in [0, 0.05) is 25.7 Å². The van der Waals surface area contributed by atoms with E-state index in [2.05, 4.69) is 55.4 Å². The average Bonchev–Trinajstić information content (AvgIpc) is 3.69. The fourth-order valence-corrected chi connectivity index (χ4v) is 12.1. The second kappa shape index (κ2) is 59.8. The Balaban J connectivity index is 5.27. The van der Waals surface area contributed by atoms with Gasteiger partial charge in [0.1, 0.15) is 19.3 Å². The highest BCUT2D eigenvalue weighted by Crippen LogP contribution is 2.45. The summed E-state index contributed by atoms with van der Waals surface area (Å²) in [6, 6.07) is 0. The Hall–Kier alpha value is -1.94. The summed E-state index contributed by atoms with van der Waals surface area (Å²) in [5.74, 6) is 0.847. The van der Waals surface area contributed by atoms with Crippen LogP contribution in [0, 0.1) is 23.7 Å². The molecule has 0 bridgehead atoms. The third kappa shape index (κ3) is 64.6. The summed E-state index contributed by atoms with van der Waals surface area (Å²) in [5.41, 5.74) is 0. The first-order chi connectivity index (χ1) is 42.6. The van der Waals surface area contributed by atoms with Crippen LogP contribution in [0.4, 0.5) is 0 Å². The van der Waals surface area contributed by atoms with Crippen LogP contribution in [0.15, 0.2) is 0 Å². The zero-order valence-electron chi connectivity index (χ0n) is 58.1. The maximum Gasteiger partial charge on any atom is 0.472 e. The van der Waals surface area contributed by atoms with E-state index in [1.807, 2.05) is 0 Å². The van der Waals surface area contributed by atoms with E-state index in [1.165, 1.54) is 148 Å². The van der Waals surface area contributed by atoms with Crippen molar-refractivity contribution in [3.8, 4) is 0 Å². The van der Waals surface area contributed by atoms with Gasteiger partial charge in [-0.05, 0) is 49.4 Å². The van der Waals surface area contributed by atoms with Gasteiger partial charge < -0.3 is 33.8 Å². The number of aliphatic hydroxyl groups is 1. The van der Waals surface area contributed by atoms with Gasteiger partial charge >= 0.3 is 39.5 Å². The minimum Gasteiger partial charge on any atom is -0.462 e. The molecule has 0 saturated carbocycles. The molecule has 2 unspecified atom stereocenters. The van der Waals surface area contributed by atoms with Crippen molar-refractivity contribution < 1.29 is 80.2 Å². The fourth-order valence-electron chi connectivity index (χ4n) is 10.5. The largest absolute Gasteiger partial charge is 0.472 e. The molecule has 0 saturated heterocycles. The molecule has 0 spiro atoms. The average molecular weight is 1310 g/mol. The Morgan fingerprint density at radius 3 is 0.697 bits per heavy atom. The molecular weight excluding hydrogens is 1170 g/mol. The lowest BCUT2D eigenvalue weighted by Crippen LogP contribution is -2.30. The molecule has 0 rings (SSSR count). The van der Waals surface area contributed by atoms with Crippen molar-refractivity contribution in [2.45, 2.75) is 363 Å². The van der Waals surface area contributed by atoms with Gasteiger partial charge in [-0.1, -0.05) is 293 Å². The molecule has 0 aliphatic heterocycles. The van der Waals surface area contributed by atoms with Crippen LogP contribution in [0.1, 0.15) is 344 Å². The number of phosphoric ester groups is 2. The van der Waals surface area contributed by atoms with Gasteiger partial charge in [-0.15, -0.1) is 0 Å². The summed E-state index contributed by atoms with van der Waals surface area (Å²) in [4.78, 5) is 72.6. The molecule has 0 amide bonds. The van der Waals surface area contributed by atoms with Gasteiger partial charge in [0.2, 0.25) is 0 Å². The van der Waals surface area contributed by atoms with E-state index >= 15 is 0 Å². The first-order valence-corrected chi connectivity index (χ1v) is 39.2. The van der Waals surface area contributed by atoms with Crippen molar-refractivity contribution in [2.75, 3.05) is 39.6 Å². The maximum absolute atomic E-state index is 13.0. The molecule has 0 aromatic rings. The number of ether oxygens (including phenoxy) is 4. The molecule has 0 aromatic carbocycles. The maximum atomic E-state index is 13.0. The standard InChI is InChI=1S/C70H136O17P2/c1-60(2)46-38-30-22-14-9-10-18-28-36-44-52-69(74)86-65(56-80-67(72)50-42-34-26-19-11-15-23-31-39-47-61(3)4)58-84-88(76,77)82-54-64(71)55-83-89(78,79)85-59-66(87-70(75)53-45-37-29-21-13-17-25-33-41-49-63(7)8)57-81-68(73)51-43-35-27-20-12-16-24-32-40-48-62(5)6/h60-66,71H,9-59H2,1-8H3,(H,76,77)(H,78,79)/t64-,65-,66-/m1/s1. The van der Waals surface area contributed by atoms with Crippen LogP contribution >= 0.6 is 15.6 Å². The van der Waals surface area contributed by atoms with Crippen molar-refractivity contribution >= 4 is 39.5 Å². The first-order valence-electron chi connectivity index (χ1n) is 36.2. The van der Waals surface area contributed by atoms with E-state index in [1.54, 1.807) is 0 Å². The second-order valence-corrected chi connectivity index (χ2v) is 30.1. The van der Waals surface area contributed by atoms with Crippen molar-refractivity contribution in [3.05, 3.63) is 0 Å². The number of phosphoric acid groups is 2. The lowest BCUT2D eigenvalue weighted by molar-refractivity contribution is -0.161. The lowest BCUT2D eigenvalue weighted by Gasteiger charge is -2.21. The minimum absolute atomic E-state index is 0.104. The SMILES string of the molecule is CC(C)CCCCCCCCCCCCC(=O)O[C@H](COC(=O)CCCCCCCCCCCC(C)C)COP(=O)(O)OC[C@@H](O)COP(=O)(O)OC[C@@H](COC(=O)CCCCCCCCCCCC(C)C)OC(=O)CCCCCCCCCCCC(C)C. The number of unbranched alkanes of at least 4 members (excludes halogenated alkanes) is 33. The summed E-state index contributed by atoms with van der Waals surface area (Å²) in [6.07, 6.45) is 41.7. The Labute approximate surface area is 543 Å². The number of carbonyl (C=O) groups excluding carboxylic acids is 4. The Morgan fingerprint density at radius 1 is 0.281 bits per heavy atom. The first kappa shape index (κ1) is 87.1. The molecule has 0 heterocycles. The molecule has 0 aliphatic carbocycles. The topological polar surface area (TPSA) is 237 Å². The van der Waals surface area contributed by atoms with E-state index < -0.39 is 97.5 Å². The van der Waals surface area contributed by atoms with Crippen molar-refractivity contribution in [2.24, 2.45) is 23.7 Å². The van der Waals surface area contributed by atoms with Gasteiger partial charge in [-0.3, -0.25) is 37.3 Å². The normalized spacial score (nSPS) is 14.3. The third-order valence-electron chi connectivity index (χ3n) is 16.1. The predicted molar refractivity (Wildman–Crippen MR) is 358 cm³/mol. The summed E-state index contributed by atoms with van der Waals surface area (Å²) in [6.45, 7) is 14.1. The summed E-state index contributed by atoms with van der Waals surface area (Å²) in [5, 5.41) is 10.6. The van der Waals surface area contributed by atoms with Crippen LogP contribution in [0.2, 0.25) is 0 Å². The molecule has 0 aliphatic rings. The van der Waals surface area contributed by atoms with Gasteiger partial charge in [0.25, 0.3) is 0 Å². The Kier molecular flexibility index (Phi) is 58.5. The van der Waals surface area contributed by atoms with E-state index in [0.717, 1.165) is 114 Å². The molecular formula is C70H136O17P2. The van der Waals surface area contributed by atoms with Crippen molar-refractivity contribution in [1.29, 1.82) is 0 Å². The highest BCUT2D eigenvalue weighted by atomic mass is 31.2. The molecule has 0 aromatic heterocycles.